The fourth-order valence-electron chi connectivity index (χ4n) is 1.66. The topological polar surface area (TPSA) is 47.3 Å². The van der Waals surface area contributed by atoms with E-state index in [9.17, 15) is 0 Å². The minimum Gasteiger partial charge on any atom is -0.453 e. The Balaban J connectivity index is 2.11. The van der Waals surface area contributed by atoms with Gasteiger partial charge in [0.2, 0.25) is 0 Å². The fourth-order valence-corrected chi connectivity index (χ4v) is 1.66. The molecule has 0 aromatic heterocycles. The van der Waals surface area contributed by atoms with Gasteiger partial charge in [-0.3, -0.25) is 0 Å². The van der Waals surface area contributed by atoms with Crippen LogP contribution in [0.2, 0.25) is 0 Å². The van der Waals surface area contributed by atoms with Crippen LogP contribution in [-0.2, 0) is 0 Å². The maximum atomic E-state index is 5.71. The van der Waals surface area contributed by atoms with Crippen molar-refractivity contribution in [1.29, 1.82) is 0 Å². The number of anilines is 3. The van der Waals surface area contributed by atoms with Crippen molar-refractivity contribution in [3.63, 3.8) is 0 Å². The summed E-state index contributed by atoms with van der Waals surface area (Å²) in [5.74, 6) is 1.65. The van der Waals surface area contributed by atoms with E-state index in [2.05, 4.69) is 5.32 Å². The number of fused-ring (bicyclic) bond motifs is 2. The van der Waals surface area contributed by atoms with Crippen molar-refractivity contribution < 1.29 is 4.74 Å². The van der Waals surface area contributed by atoms with E-state index < -0.39 is 0 Å². The molecule has 1 heterocycles. The Morgan fingerprint density at radius 1 is 0.933 bits per heavy atom. The van der Waals surface area contributed by atoms with Crippen molar-refractivity contribution in [1.82, 2.24) is 0 Å². The molecule has 0 saturated carbocycles. The van der Waals surface area contributed by atoms with Crippen LogP contribution in [0, 0.1) is 0 Å². The molecule has 0 radical (unpaired) electrons. The van der Waals surface area contributed by atoms with Crippen molar-refractivity contribution >= 4 is 17.1 Å². The Labute approximate surface area is 87.5 Å². The van der Waals surface area contributed by atoms with Crippen molar-refractivity contribution in [2.24, 2.45) is 0 Å². The molecular formula is C12H10N2O. The highest BCUT2D eigenvalue weighted by Gasteiger charge is 2.15. The predicted octanol–water partition coefficient (Wildman–Crippen LogP) is 3.12. The summed E-state index contributed by atoms with van der Waals surface area (Å²) >= 11 is 0. The summed E-state index contributed by atoms with van der Waals surface area (Å²) in [7, 11) is 0. The third-order valence-electron chi connectivity index (χ3n) is 2.38. The first-order chi connectivity index (χ1) is 7.33. The molecule has 0 amide bonds. The van der Waals surface area contributed by atoms with Gasteiger partial charge in [0, 0.05) is 5.69 Å². The molecule has 3 nitrogen and oxygen atoms in total. The standard InChI is InChI=1S/C12H10N2O/c13-8-5-6-12-10(7-8)14-9-3-1-2-4-11(9)15-12/h1-7,14H,13H2. The van der Waals surface area contributed by atoms with Gasteiger partial charge in [-0.05, 0) is 30.3 Å². The van der Waals surface area contributed by atoms with Gasteiger partial charge in [0.15, 0.2) is 11.5 Å². The van der Waals surface area contributed by atoms with Crippen LogP contribution >= 0.6 is 0 Å². The van der Waals surface area contributed by atoms with Gasteiger partial charge in [-0.2, -0.15) is 0 Å². The number of hydrogen-bond donors (Lipinski definition) is 2. The zero-order valence-corrected chi connectivity index (χ0v) is 8.03. The van der Waals surface area contributed by atoms with Gasteiger partial charge in [0.05, 0.1) is 11.4 Å². The summed E-state index contributed by atoms with van der Waals surface area (Å²) in [6, 6.07) is 13.4. The monoisotopic (exact) mass is 198 g/mol. The molecule has 2 aromatic carbocycles. The van der Waals surface area contributed by atoms with Crippen LogP contribution < -0.4 is 15.8 Å². The number of nitrogen functional groups attached to an aromatic ring is 1. The van der Waals surface area contributed by atoms with E-state index in [0.717, 1.165) is 28.6 Å². The molecule has 1 aliphatic heterocycles. The largest absolute Gasteiger partial charge is 0.453 e. The van der Waals surface area contributed by atoms with E-state index >= 15 is 0 Å². The van der Waals surface area contributed by atoms with Gasteiger partial charge < -0.3 is 15.8 Å². The van der Waals surface area contributed by atoms with Crippen LogP contribution in [0.5, 0.6) is 11.5 Å². The molecule has 1 aliphatic rings. The highest BCUT2D eigenvalue weighted by molar-refractivity contribution is 5.77. The molecule has 0 atom stereocenters. The highest BCUT2D eigenvalue weighted by Crippen LogP contribution is 2.42. The van der Waals surface area contributed by atoms with Crippen LogP contribution in [0.25, 0.3) is 0 Å². The molecular weight excluding hydrogens is 188 g/mol. The summed E-state index contributed by atoms with van der Waals surface area (Å²) in [6.45, 7) is 0. The van der Waals surface area contributed by atoms with Gasteiger partial charge in [-0.25, -0.2) is 0 Å². The van der Waals surface area contributed by atoms with Gasteiger partial charge >= 0.3 is 0 Å². The minimum absolute atomic E-state index is 0.726. The molecule has 15 heavy (non-hydrogen) atoms. The molecule has 74 valence electrons. The number of nitrogens with one attached hydrogen (secondary N) is 1. The van der Waals surface area contributed by atoms with Gasteiger partial charge in [-0.15, -0.1) is 0 Å². The highest BCUT2D eigenvalue weighted by atomic mass is 16.5. The maximum Gasteiger partial charge on any atom is 0.151 e. The molecule has 0 unspecified atom stereocenters. The molecule has 3 rings (SSSR count). The first kappa shape index (κ1) is 8.17. The summed E-state index contributed by atoms with van der Waals surface area (Å²) in [4.78, 5) is 0. The van der Waals surface area contributed by atoms with Gasteiger partial charge in [0.1, 0.15) is 0 Å². The zero-order chi connectivity index (χ0) is 10.3. The zero-order valence-electron chi connectivity index (χ0n) is 8.03. The van der Waals surface area contributed by atoms with Crippen molar-refractivity contribution in [3.8, 4) is 11.5 Å². The first-order valence-electron chi connectivity index (χ1n) is 4.76. The van der Waals surface area contributed by atoms with Gasteiger partial charge in [0.25, 0.3) is 0 Å². The number of benzene rings is 2. The lowest BCUT2D eigenvalue weighted by Gasteiger charge is -2.21. The smallest absolute Gasteiger partial charge is 0.151 e. The summed E-state index contributed by atoms with van der Waals surface area (Å²) in [5, 5.41) is 3.28. The van der Waals surface area contributed by atoms with Crippen molar-refractivity contribution in [2.75, 3.05) is 11.1 Å². The van der Waals surface area contributed by atoms with Crippen LogP contribution in [0.3, 0.4) is 0 Å². The lowest BCUT2D eigenvalue weighted by Crippen LogP contribution is -2.02. The lowest BCUT2D eigenvalue weighted by molar-refractivity contribution is 0.481. The fraction of sp³-hybridized carbons (Fsp3) is 0. The molecule has 3 N–H and O–H groups in total. The second kappa shape index (κ2) is 2.92. The first-order valence-corrected chi connectivity index (χ1v) is 4.76. The van der Waals surface area contributed by atoms with Crippen molar-refractivity contribution in [2.45, 2.75) is 0 Å². The Morgan fingerprint density at radius 3 is 2.67 bits per heavy atom. The van der Waals surface area contributed by atoms with E-state index in [0.29, 0.717) is 0 Å². The lowest BCUT2D eigenvalue weighted by atomic mass is 10.2. The number of rotatable bonds is 0. The summed E-state index contributed by atoms with van der Waals surface area (Å²) < 4.78 is 5.71. The Kier molecular flexibility index (Phi) is 1.59. The number of hydrogen-bond acceptors (Lipinski definition) is 3. The molecule has 0 saturated heterocycles. The van der Waals surface area contributed by atoms with E-state index in [-0.39, 0.29) is 0 Å². The van der Waals surface area contributed by atoms with Crippen molar-refractivity contribution in [3.05, 3.63) is 42.5 Å². The molecule has 0 aliphatic carbocycles. The Morgan fingerprint density at radius 2 is 1.73 bits per heavy atom. The molecule has 0 spiro atoms. The molecule has 0 fully saturated rings. The quantitative estimate of drug-likeness (QED) is 0.545. The van der Waals surface area contributed by atoms with Gasteiger partial charge in [-0.1, -0.05) is 12.1 Å². The predicted molar refractivity (Wildman–Crippen MR) is 60.7 cm³/mol. The maximum absolute atomic E-state index is 5.71. The average molecular weight is 198 g/mol. The minimum atomic E-state index is 0.726. The number of para-hydroxylation sites is 2. The van der Waals surface area contributed by atoms with Crippen LogP contribution in [0.4, 0.5) is 17.1 Å². The van der Waals surface area contributed by atoms with Crippen LogP contribution in [0.1, 0.15) is 0 Å². The third-order valence-corrected chi connectivity index (χ3v) is 2.38. The van der Waals surface area contributed by atoms with Crippen LogP contribution in [0.15, 0.2) is 42.5 Å². The Hall–Kier alpha value is -2.16. The van der Waals surface area contributed by atoms with E-state index in [1.165, 1.54) is 0 Å². The molecule has 2 aromatic rings. The third kappa shape index (κ3) is 1.29. The SMILES string of the molecule is Nc1ccc2c(c1)Nc1ccccc1O2. The second-order valence-corrected chi connectivity index (χ2v) is 3.48. The normalized spacial score (nSPS) is 12.0. The summed E-state index contributed by atoms with van der Waals surface area (Å²) in [5.41, 5.74) is 8.31. The van der Waals surface area contributed by atoms with E-state index in [4.69, 9.17) is 10.5 Å². The van der Waals surface area contributed by atoms with E-state index in [1.54, 1.807) is 0 Å². The number of ether oxygens (including phenoxy) is 1. The van der Waals surface area contributed by atoms with E-state index in [1.807, 2.05) is 42.5 Å². The van der Waals surface area contributed by atoms with Crippen LogP contribution in [-0.4, -0.2) is 0 Å². The summed E-state index contributed by atoms with van der Waals surface area (Å²) in [6.07, 6.45) is 0. The Bertz CT molecular complexity index is 523. The molecule has 0 bridgehead atoms. The average Bonchev–Trinajstić information content (AvgIpc) is 2.26. The second-order valence-electron chi connectivity index (χ2n) is 3.48. The number of nitrogens with two attached hydrogens (primary N) is 1. The molecule has 3 heteroatoms.